The Kier molecular flexibility index (Phi) is 7.97. The number of nitrogens with one attached hydrogen (secondary N) is 1. The van der Waals surface area contributed by atoms with E-state index >= 15 is 0 Å². The van der Waals surface area contributed by atoms with E-state index in [2.05, 4.69) is 21.6 Å². The second-order valence-corrected chi connectivity index (χ2v) is 8.41. The van der Waals surface area contributed by atoms with Crippen LogP contribution >= 0.6 is 11.8 Å². The fourth-order valence-electron chi connectivity index (χ4n) is 3.31. The lowest BCUT2D eigenvalue weighted by Crippen LogP contribution is -2.16. The van der Waals surface area contributed by atoms with Crippen molar-refractivity contribution in [1.82, 2.24) is 14.8 Å². The van der Waals surface area contributed by atoms with Crippen LogP contribution in [0, 0.1) is 21.4 Å². The molecule has 0 atom stereocenters. The Morgan fingerprint density at radius 3 is 2.51 bits per heavy atom. The highest BCUT2D eigenvalue weighted by atomic mass is 32.2. The SMILES string of the molecule is COc1ccc(NC(=O)CSc2nnc(COc3ccc(C#N)cc3)n2-c2ccccc2)c([N+](=O)[O-])c1. The van der Waals surface area contributed by atoms with E-state index in [0.717, 1.165) is 17.4 Å². The topological polar surface area (TPSA) is 145 Å². The molecule has 0 aliphatic rings. The number of nitro groups is 1. The highest BCUT2D eigenvalue weighted by Crippen LogP contribution is 2.29. The Morgan fingerprint density at radius 2 is 1.84 bits per heavy atom. The number of ether oxygens (including phenoxy) is 2. The number of carbonyl (C=O) groups excluding carboxylic acids is 1. The van der Waals surface area contributed by atoms with Crippen molar-refractivity contribution in [1.29, 1.82) is 5.26 Å². The quantitative estimate of drug-likeness (QED) is 0.184. The lowest BCUT2D eigenvalue weighted by Gasteiger charge is -2.11. The third kappa shape index (κ3) is 6.22. The van der Waals surface area contributed by atoms with E-state index in [1.54, 1.807) is 28.8 Å². The van der Waals surface area contributed by atoms with E-state index in [0.29, 0.717) is 28.0 Å². The monoisotopic (exact) mass is 516 g/mol. The lowest BCUT2D eigenvalue weighted by molar-refractivity contribution is -0.384. The molecule has 0 aliphatic carbocycles. The standard InChI is InChI=1S/C25H20N6O5S/c1-35-20-11-12-21(22(13-20)31(33)34)27-24(32)16-37-25-29-28-23(30(25)18-5-3-2-4-6-18)15-36-19-9-7-17(14-26)8-10-19/h2-13H,15-16H2,1H3,(H,27,32). The van der Waals surface area contributed by atoms with Gasteiger partial charge in [0.1, 0.15) is 23.8 Å². The zero-order valence-electron chi connectivity index (χ0n) is 19.5. The van der Waals surface area contributed by atoms with Crippen LogP contribution < -0.4 is 14.8 Å². The molecule has 3 aromatic carbocycles. The molecule has 0 spiro atoms. The van der Waals surface area contributed by atoms with Crippen LogP contribution in [0.2, 0.25) is 0 Å². The summed E-state index contributed by atoms with van der Waals surface area (Å²) < 4.78 is 12.6. The molecule has 1 amide bonds. The number of nitro benzene ring substituents is 1. The highest BCUT2D eigenvalue weighted by molar-refractivity contribution is 7.99. The van der Waals surface area contributed by atoms with Crippen molar-refractivity contribution in [3.8, 4) is 23.3 Å². The first-order chi connectivity index (χ1) is 18.0. The molecule has 0 saturated heterocycles. The van der Waals surface area contributed by atoms with Crippen molar-refractivity contribution in [3.05, 3.63) is 94.3 Å². The van der Waals surface area contributed by atoms with Gasteiger partial charge in [-0.3, -0.25) is 19.5 Å². The molecule has 1 aromatic heterocycles. The number of aromatic nitrogens is 3. The van der Waals surface area contributed by atoms with Gasteiger partial charge in [0.2, 0.25) is 5.91 Å². The number of nitrogens with zero attached hydrogens (tertiary/aromatic N) is 5. The van der Waals surface area contributed by atoms with Gasteiger partial charge in [-0.1, -0.05) is 30.0 Å². The van der Waals surface area contributed by atoms with Gasteiger partial charge < -0.3 is 14.8 Å². The summed E-state index contributed by atoms with van der Waals surface area (Å²) in [7, 11) is 1.40. The zero-order chi connectivity index (χ0) is 26.2. The number of amides is 1. The molecule has 0 bridgehead atoms. The molecule has 11 nitrogen and oxygen atoms in total. The molecule has 0 saturated carbocycles. The van der Waals surface area contributed by atoms with Gasteiger partial charge in [-0.15, -0.1) is 10.2 Å². The van der Waals surface area contributed by atoms with Crippen molar-refractivity contribution in [2.24, 2.45) is 0 Å². The summed E-state index contributed by atoms with van der Waals surface area (Å²) in [5.74, 6) is 0.868. The molecule has 0 fully saturated rings. The van der Waals surface area contributed by atoms with Gasteiger partial charge in [-0.05, 0) is 48.5 Å². The van der Waals surface area contributed by atoms with Gasteiger partial charge in [-0.2, -0.15) is 5.26 Å². The van der Waals surface area contributed by atoms with Gasteiger partial charge in [0.25, 0.3) is 5.69 Å². The van der Waals surface area contributed by atoms with E-state index < -0.39 is 10.8 Å². The van der Waals surface area contributed by atoms with Gasteiger partial charge in [0, 0.05) is 5.69 Å². The molecular formula is C25H20N6O5S. The van der Waals surface area contributed by atoms with Crippen molar-refractivity contribution < 1.29 is 19.2 Å². The van der Waals surface area contributed by atoms with E-state index in [9.17, 15) is 14.9 Å². The Morgan fingerprint density at radius 1 is 1.11 bits per heavy atom. The van der Waals surface area contributed by atoms with Gasteiger partial charge in [-0.25, -0.2) is 0 Å². The number of carbonyl (C=O) groups is 1. The van der Waals surface area contributed by atoms with Crippen LogP contribution in [0.3, 0.4) is 0 Å². The minimum Gasteiger partial charge on any atom is -0.496 e. The fourth-order valence-corrected chi connectivity index (χ4v) is 4.08. The number of benzene rings is 3. The summed E-state index contributed by atoms with van der Waals surface area (Å²) in [4.78, 5) is 23.5. The fraction of sp³-hybridized carbons (Fsp3) is 0.120. The molecule has 1 heterocycles. The molecule has 0 unspecified atom stereocenters. The van der Waals surface area contributed by atoms with Crippen LogP contribution in [-0.2, 0) is 11.4 Å². The minimum absolute atomic E-state index is 0.0649. The maximum absolute atomic E-state index is 12.6. The molecule has 1 N–H and O–H groups in total. The molecule has 4 aromatic rings. The van der Waals surface area contributed by atoms with Crippen LogP contribution in [0.15, 0.2) is 78.0 Å². The number of anilines is 1. The predicted octanol–water partition coefficient (Wildman–Crippen LogP) is 4.37. The van der Waals surface area contributed by atoms with Crippen molar-refractivity contribution in [2.75, 3.05) is 18.2 Å². The van der Waals surface area contributed by atoms with Crippen LogP contribution in [0.5, 0.6) is 11.5 Å². The average molecular weight is 517 g/mol. The second-order valence-electron chi connectivity index (χ2n) is 7.47. The lowest BCUT2D eigenvalue weighted by atomic mass is 10.2. The number of methoxy groups -OCH3 is 1. The normalized spacial score (nSPS) is 10.4. The maximum Gasteiger partial charge on any atom is 0.296 e. The maximum atomic E-state index is 12.6. The number of rotatable bonds is 10. The molecule has 4 rings (SSSR count). The van der Waals surface area contributed by atoms with Crippen molar-refractivity contribution in [3.63, 3.8) is 0 Å². The summed E-state index contributed by atoms with van der Waals surface area (Å²) in [6, 6.07) is 22.3. The first kappa shape index (κ1) is 25.2. The van der Waals surface area contributed by atoms with E-state index in [1.807, 2.05) is 30.3 Å². The van der Waals surface area contributed by atoms with Crippen LogP contribution in [-0.4, -0.2) is 38.5 Å². The van der Waals surface area contributed by atoms with Crippen LogP contribution in [0.4, 0.5) is 11.4 Å². The third-order valence-electron chi connectivity index (χ3n) is 5.07. The number of hydrogen-bond acceptors (Lipinski definition) is 9. The minimum atomic E-state index is -0.586. The molecule has 0 radical (unpaired) electrons. The zero-order valence-corrected chi connectivity index (χ0v) is 20.3. The van der Waals surface area contributed by atoms with Crippen LogP contribution in [0.25, 0.3) is 5.69 Å². The summed E-state index contributed by atoms with van der Waals surface area (Å²) in [6.07, 6.45) is 0. The summed E-state index contributed by atoms with van der Waals surface area (Å²) in [5.41, 5.74) is 1.10. The predicted molar refractivity (Wildman–Crippen MR) is 136 cm³/mol. The third-order valence-corrected chi connectivity index (χ3v) is 6.00. The number of nitriles is 1. The van der Waals surface area contributed by atoms with Gasteiger partial charge >= 0.3 is 0 Å². The van der Waals surface area contributed by atoms with Crippen molar-refractivity contribution in [2.45, 2.75) is 11.8 Å². The van der Waals surface area contributed by atoms with E-state index in [-0.39, 0.29) is 23.7 Å². The largest absolute Gasteiger partial charge is 0.496 e. The number of thioether (sulfide) groups is 1. The number of hydrogen-bond donors (Lipinski definition) is 1. The Balaban J connectivity index is 1.49. The molecule has 0 aliphatic heterocycles. The summed E-state index contributed by atoms with van der Waals surface area (Å²) in [5, 5.41) is 31.8. The van der Waals surface area contributed by atoms with E-state index in [1.165, 1.54) is 25.3 Å². The molecule has 186 valence electrons. The molecule has 37 heavy (non-hydrogen) atoms. The molecular weight excluding hydrogens is 496 g/mol. The summed E-state index contributed by atoms with van der Waals surface area (Å²) in [6.45, 7) is 0.0958. The van der Waals surface area contributed by atoms with Crippen molar-refractivity contribution >= 4 is 29.0 Å². The first-order valence-electron chi connectivity index (χ1n) is 10.9. The Labute approximate surface area is 215 Å². The number of para-hydroxylation sites is 1. The average Bonchev–Trinajstić information content (AvgIpc) is 3.34. The molecule has 12 heteroatoms. The summed E-state index contributed by atoms with van der Waals surface area (Å²) >= 11 is 1.13. The Bertz CT molecular complexity index is 1450. The van der Waals surface area contributed by atoms with Gasteiger partial charge in [0.15, 0.2) is 11.0 Å². The second kappa shape index (κ2) is 11.7. The smallest absolute Gasteiger partial charge is 0.296 e. The highest BCUT2D eigenvalue weighted by Gasteiger charge is 2.20. The van der Waals surface area contributed by atoms with Gasteiger partial charge in [0.05, 0.1) is 35.5 Å². The first-order valence-corrected chi connectivity index (χ1v) is 11.8. The Hall–Kier alpha value is -4.89. The van der Waals surface area contributed by atoms with Crippen LogP contribution in [0.1, 0.15) is 11.4 Å². The van der Waals surface area contributed by atoms with E-state index in [4.69, 9.17) is 14.7 Å².